The Bertz CT molecular complexity index is 791. The van der Waals surface area contributed by atoms with Gasteiger partial charge in [-0.3, -0.25) is 0 Å². The number of halogens is 1. The first kappa shape index (κ1) is 14.4. The number of anilines is 1. The predicted molar refractivity (Wildman–Crippen MR) is 94.8 cm³/mol. The van der Waals surface area contributed by atoms with Gasteiger partial charge in [0.25, 0.3) is 0 Å². The summed E-state index contributed by atoms with van der Waals surface area (Å²) in [5.41, 5.74) is 3.69. The normalized spacial score (nSPS) is 12.6. The van der Waals surface area contributed by atoms with Crippen molar-refractivity contribution >= 4 is 38.7 Å². The summed E-state index contributed by atoms with van der Waals surface area (Å²) >= 11 is 7.90. The molecule has 1 unspecified atom stereocenters. The molecule has 108 valence electrons. The van der Waals surface area contributed by atoms with Gasteiger partial charge >= 0.3 is 0 Å². The lowest BCUT2D eigenvalue weighted by molar-refractivity contribution is 0.898. The molecule has 1 heterocycles. The Balaban J connectivity index is 1.93. The van der Waals surface area contributed by atoms with Crippen LogP contribution in [0.3, 0.4) is 0 Å². The van der Waals surface area contributed by atoms with Gasteiger partial charge in [0.15, 0.2) is 0 Å². The number of hydrogen-bond acceptors (Lipinski definition) is 2. The molecule has 1 aromatic heterocycles. The molecule has 0 saturated heterocycles. The number of fused-ring (bicyclic) bond motifs is 1. The van der Waals surface area contributed by atoms with Crippen LogP contribution in [-0.4, -0.2) is 0 Å². The number of hydrogen-bond donors (Lipinski definition) is 1. The Hall–Kier alpha value is -1.51. The summed E-state index contributed by atoms with van der Waals surface area (Å²) in [7, 11) is 0. The highest BCUT2D eigenvalue weighted by Gasteiger charge is 2.14. The third-order valence-electron chi connectivity index (χ3n) is 3.83. The van der Waals surface area contributed by atoms with Crippen molar-refractivity contribution < 1.29 is 0 Å². The standard InChI is InChI=1S/C18H18ClNS/c1-11-10-14(19)8-9-16(11)20-13(3)18-12(2)15-6-4-5-7-17(15)21-18/h4-10,13,20H,1-3H3. The van der Waals surface area contributed by atoms with Crippen molar-refractivity contribution in [3.05, 3.63) is 63.5 Å². The van der Waals surface area contributed by atoms with Gasteiger partial charge in [-0.15, -0.1) is 11.3 Å². The van der Waals surface area contributed by atoms with Gasteiger partial charge in [-0.25, -0.2) is 0 Å². The van der Waals surface area contributed by atoms with Crippen molar-refractivity contribution in [1.82, 2.24) is 0 Å². The van der Waals surface area contributed by atoms with Crippen molar-refractivity contribution in [3.8, 4) is 0 Å². The fourth-order valence-electron chi connectivity index (χ4n) is 2.69. The molecule has 0 radical (unpaired) electrons. The van der Waals surface area contributed by atoms with Gasteiger partial charge < -0.3 is 5.32 Å². The van der Waals surface area contributed by atoms with E-state index in [1.165, 1.54) is 26.1 Å². The van der Waals surface area contributed by atoms with E-state index in [1.807, 2.05) is 23.5 Å². The number of aryl methyl sites for hydroxylation is 2. The average molecular weight is 316 g/mol. The Morgan fingerprint density at radius 2 is 1.86 bits per heavy atom. The number of thiophene rings is 1. The minimum absolute atomic E-state index is 0.280. The Morgan fingerprint density at radius 3 is 2.57 bits per heavy atom. The molecule has 0 spiro atoms. The largest absolute Gasteiger partial charge is 0.377 e. The number of benzene rings is 2. The summed E-state index contributed by atoms with van der Waals surface area (Å²) in [5.74, 6) is 0. The summed E-state index contributed by atoms with van der Waals surface area (Å²) in [4.78, 5) is 1.39. The first-order chi connectivity index (χ1) is 10.1. The van der Waals surface area contributed by atoms with Crippen LogP contribution in [0.2, 0.25) is 5.02 Å². The maximum atomic E-state index is 6.02. The first-order valence-corrected chi connectivity index (χ1v) is 8.26. The highest BCUT2D eigenvalue weighted by atomic mass is 35.5. The zero-order valence-electron chi connectivity index (χ0n) is 12.4. The summed E-state index contributed by atoms with van der Waals surface area (Å²) in [6.45, 7) is 6.51. The van der Waals surface area contributed by atoms with Crippen molar-refractivity contribution in [3.63, 3.8) is 0 Å². The summed E-state index contributed by atoms with van der Waals surface area (Å²) in [5, 5.41) is 5.75. The predicted octanol–water partition coefficient (Wildman–Crippen LogP) is 6.34. The van der Waals surface area contributed by atoms with E-state index in [2.05, 4.69) is 56.4 Å². The molecule has 3 heteroatoms. The SMILES string of the molecule is Cc1cc(Cl)ccc1NC(C)c1sc2ccccc2c1C. The molecular weight excluding hydrogens is 298 g/mol. The fraction of sp³-hybridized carbons (Fsp3) is 0.222. The topological polar surface area (TPSA) is 12.0 Å². The Labute approximate surface area is 134 Å². The van der Waals surface area contributed by atoms with Gasteiger partial charge in [-0.2, -0.15) is 0 Å². The second-order valence-corrected chi connectivity index (χ2v) is 6.93. The van der Waals surface area contributed by atoms with Crippen LogP contribution in [0.1, 0.15) is 29.0 Å². The Morgan fingerprint density at radius 1 is 1.10 bits per heavy atom. The van der Waals surface area contributed by atoms with Crippen LogP contribution in [0, 0.1) is 13.8 Å². The van der Waals surface area contributed by atoms with Gasteiger partial charge in [0, 0.05) is 20.3 Å². The molecule has 1 nitrogen and oxygen atoms in total. The van der Waals surface area contributed by atoms with E-state index >= 15 is 0 Å². The van der Waals surface area contributed by atoms with Crippen molar-refractivity contribution in [2.45, 2.75) is 26.8 Å². The van der Waals surface area contributed by atoms with Crippen LogP contribution in [-0.2, 0) is 0 Å². The zero-order valence-corrected chi connectivity index (χ0v) is 14.0. The van der Waals surface area contributed by atoms with Crippen molar-refractivity contribution in [1.29, 1.82) is 0 Å². The van der Waals surface area contributed by atoms with Gasteiger partial charge in [0.1, 0.15) is 0 Å². The Kier molecular flexibility index (Phi) is 3.92. The average Bonchev–Trinajstić information content (AvgIpc) is 2.80. The second kappa shape index (κ2) is 5.70. The molecule has 0 fully saturated rings. The van der Waals surface area contributed by atoms with Crippen LogP contribution < -0.4 is 5.32 Å². The van der Waals surface area contributed by atoms with E-state index in [0.29, 0.717) is 0 Å². The summed E-state index contributed by atoms with van der Waals surface area (Å²) in [6.07, 6.45) is 0. The monoisotopic (exact) mass is 315 g/mol. The molecular formula is C18H18ClNS. The van der Waals surface area contributed by atoms with Crippen LogP contribution in [0.15, 0.2) is 42.5 Å². The van der Waals surface area contributed by atoms with Crippen molar-refractivity contribution in [2.24, 2.45) is 0 Å². The minimum Gasteiger partial charge on any atom is -0.377 e. The van der Waals surface area contributed by atoms with Gasteiger partial charge in [0.2, 0.25) is 0 Å². The fourth-order valence-corrected chi connectivity index (χ4v) is 4.13. The molecule has 1 N–H and O–H groups in total. The molecule has 3 aromatic rings. The van der Waals surface area contributed by atoms with Crippen LogP contribution in [0.5, 0.6) is 0 Å². The second-order valence-electron chi connectivity index (χ2n) is 5.41. The molecule has 0 aliphatic rings. The van der Waals surface area contributed by atoms with E-state index < -0.39 is 0 Å². The van der Waals surface area contributed by atoms with E-state index in [-0.39, 0.29) is 6.04 Å². The van der Waals surface area contributed by atoms with E-state index in [9.17, 15) is 0 Å². The number of nitrogens with one attached hydrogen (secondary N) is 1. The molecule has 21 heavy (non-hydrogen) atoms. The third-order valence-corrected chi connectivity index (χ3v) is 5.52. The van der Waals surface area contributed by atoms with Crippen LogP contribution in [0.25, 0.3) is 10.1 Å². The van der Waals surface area contributed by atoms with Crippen LogP contribution >= 0.6 is 22.9 Å². The lowest BCUT2D eigenvalue weighted by Crippen LogP contribution is -2.07. The van der Waals surface area contributed by atoms with Crippen molar-refractivity contribution in [2.75, 3.05) is 5.32 Å². The van der Waals surface area contributed by atoms with E-state index in [0.717, 1.165) is 10.7 Å². The van der Waals surface area contributed by atoms with Gasteiger partial charge in [-0.1, -0.05) is 29.8 Å². The molecule has 3 rings (SSSR count). The quantitative estimate of drug-likeness (QED) is 0.594. The molecule has 0 aliphatic carbocycles. The van der Waals surface area contributed by atoms with Crippen LogP contribution in [0.4, 0.5) is 5.69 Å². The highest BCUT2D eigenvalue weighted by molar-refractivity contribution is 7.19. The molecule has 0 aliphatic heterocycles. The summed E-state index contributed by atoms with van der Waals surface area (Å²) < 4.78 is 1.35. The molecule has 2 aromatic carbocycles. The van der Waals surface area contributed by atoms with Gasteiger partial charge in [-0.05, 0) is 61.5 Å². The minimum atomic E-state index is 0.280. The third kappa shape index (κ3) is 2.78. The molecule has 1 atom stereocenters. The highest BCUT2D eigenvalue weighted by Crippen LogP contribution is 2.36. The molecule has 0 amide bonds. The lowest BCUT2D eigenvalue weighted by Gasteiger charge is -2.17. The van der Waals surface area contributed by atoms with E-state index in [1.54, 1.807) is 0 Å². The maximum Gasteiger partial charge on any atom is 0.0581 e. The maximum absolute atomic E-state index is 6.02. The first-order valence-electron chi connectivity index (χ1n) is 7.07. The smallest absolute Gasteiger partial charge is 0.0581 e. The molecule has 0 bridgehead atoms. The number of rotatable bonds is 3. The lowest BCUT2D eigenvalue weighted by atomic mass is 10.1. The van der Waals surface area contributed by atoms with E-state index in [4.69, 9.17) is 11.6 Å². The zero-order chi connectivity index (χ0) is 15.0. The molecule has 0 saturated carbocycles. The summed E-state index contributed by atoms with van der Waals surface area (Å²) in [6, 6.07) is 14.9. The van der Waals surface area contributed by atoms with Gasteiger partial charge in [0.05, 0.1) is 6.04 Å².